The largest absolute Gasteiger partial charge is 0.495 e. The van der Waals surface area contributed by atoms with Gasteiger partial charge in [0.15, 0.2) is 0 Å². The molecule has 1 aromatic carbocycles. The number of nitrogens with one attached hydrogen (secondary N) is 1. The van der Waals surface area contributed by atoms with E-state index in [0.29, 0.717) is 0 Å². The lowest BCUT2D eigenvalue weighted by molar-refractivity contribution is 0.416. The monoisotopic (exact) mass is 169 g/mol. The van der Waals surface area contributed by atoms with Crippen molar-refractivity contribution in [1.82, 2.24) is 0 Å². The number of hydrogen-bond donors (Lipinski definition) is 2. The second kappa shape index (κ2) is 3.53. The summed E-state index contributed by atoms with van der Waals surface area (Å²) >= 11 is 3.94. The van der Waals surface area contributed by atoms with Crippen LogP contribution >= 0.6 is 12.8 Å². The lowest BCUT2D eigenvalue weighted by Gasteiger charge is -2.06. The third-order valence-corrected chi connectivity index (χ3v) is 1.72. The molecule has 2 nitrogen and oxygen atoms in total. The van der Waals surface area contributed by atoms with Crippen molar-refractivity contribution in [2.45, 2.75) is 6.92 Å². The Hall–Kier alpha value is -0.830. The molecule has 0 aliphatic rings. The summed E-state index contributed by atoms with van der Waals surface area (Å²) in [5.74, 6) is 0.819. The van der Waals surface area contributed by atoms with Crippen LogP contribution in [0.2, 0.25) is 0 Å². The van der Waals surface area contributed by atoms with Crippen molar-refractivity contribution in [3.05, 3.63) is 23.8 Å². The molecule has 0 amide bonds. The minimum Gasteiger partial charge on any atom is -0.495 e. The average molecular weight is 169 g/mol. The summed E-state index contributed by atoms with van der Waals surface area (Å²) in [6.45, 7) is 2.02. The van der Waals surface area contributed by atoms with Crippen LogP contribution in [-0.4, -0.2) is 7.11 Å². The van der Waals surface area contributed by atoms with E-state index in [1.165, 1.54) is 5.56 Å². The second-order valence-corrected chi connectivity index (χ2v) is 2.54. The first-order valence-corrected chi connectivity index (χ1v) is 3.77. The molecule has 0 saturated heterocycles. The quantitative estimate of drug-likeness (QED) is 0.663. The molecule has 3 heteroatoms. The van der Waals surface area contributed by atoms with E-state index >= 15 is 0 Å². The molecule has 0 bridgehead atoms. The summed E-state index contributed by atoms with van der Waals surface area (Å²) in [5, 5.41) is 0. The van der Waals surface area contributed by atoms with Crippen LogP contribution in [0.4, 0.5) is 5.69 Å². The number of methoxy groups -OCH3 is 1. The Kier molecular flexibility index (Phi) is 2.65. The molecule has 60 valence electrons. The fourth-order valence-electron chi connectivity index (χ4n) is 0.891. The van der Waals surface area contributed by atoms with E-state index in [4.69, 9.17) is 4.74 Å². The molecule has 0 radical (unpaired) electrons. The molecule has 11 heavy (non-hydrogen) atoms. The third kappa shape index (κ3) is 1.80. The van der Waals surface area contributed by atoms with Crippen LogP contribution in [0.1, 0.15) is 5.56 Å². The van der Waals surface area contributed by atoms with Crippen LogP contribution in [0.25, 0.3) is 0 Å². The molecule has 0 aromatic heterocycles. The maximum Gasteiger partial charge on any atom is 0.143 e. The van der Waals surface area contributed by atoms with Gasteiger partial charge in [0.25, 0.3) is 0 Å². The van der Waals surface area contributed by atoms with E-state index in [0.717, 1.165) is 11.4 Å². The summed E-state index contributed by atoms with van der Waals surface area (Å²) in [4.78, 5) is 0. The molecule has 0 aliphatic heterocycles. The summed E-state index contributed by atoms with van der Waals surface area (Å²) in [7, 11) is 1.64. The van der Waals surface area contributed by atoms with Crippen molar-refractivity contribution in [3.63, 3.8) is 0 Å². The van der Waals surface area contributed by atoms with E-state index in [2.05, 4.69) is 17.5 Å². The van der Waals surface area contributed by atoms with Crippen LogP contribution in [0, 0.1) is 6.92 Å². The van der Waals surface area contributed by atoms with Crippen LogP contribution in [-0.2, 0) is 0 Å². The fourth-order valence-corrected chi connectivity index (χ4v) is 1.08. The van der Waals surface area contributed by atoms with E-state index in [-0.39, 0.29) is 0 Å². The number of hydrogen-bond acceptors (Lipinski definition) is 3. The van der Waals surface area contributed by atoms with Crippen molar-refractivity contribution in [2.75, 3.05) is 11.8 Å². The van der Waals surface area contributed by atoms with Gasteiger partial charge < -0.3 is 9.46 Å². The van der Waals surface area contributed by atoms with Gasteiger partial charge in [-0.05, 0) is 24.6 Å². The lowest BCUT2D eigenvalue weighted by Crippen LogP contribution is -1.89. The number of rotatable bonds is 2. The molecule has 0 saturated carbocycles. The van der Waals surface area contributed by atoms with Gasteiger partial charge in [-0.2, -0.15) is 0 Å². The van der Waals surface area contributed by atoms with Crippen molar-refractivity contribution >= 4 is 18.5 Å². The predicted molar refractivity (Wildman–Crippen MR) is 50.3 cm³/mol. The van der Waals surface area contributed by atoms with Crippen LogP contribution in [0.15, 0.2) is 18.2 Å². The number of aryl methyl sites for hydroxylation is 1. The van der Waals surface area contributed by atoms with Gasteiger partial charge in [0.2, 0.25) is 0 Å². The predicted octanol–water partition coefficient (Wildman–Crippen LogP) is 2.26. The maximum absolute atomic E-state index is 5.11. The molecule has 0 fully saturated rings. The van der Waals surface area contributed by atoms with Gasteiger partial charge in [-0.15, -0.1) is 0 Å². The Morgan fingerprint density at radius 2 is 2.18 bits per heavy atom. The molecule has 0 unspecified atom stereocenters. The SMILES string of the molecule is COc1cc(C)ccc1NS. The summed E-state index contributed by atoms with van der Waals surface area (Å²) in [6.07, 6.45) is 0. The minimum absolute atomic E-state index is 0.819. The molecule has 0 spiro atoms. The standard InChI is InChI=1S/C8H11NOS/c1-6-3-4-7(9-11)8(5-6)10-2/h3-5,9,11H,1-2H3. The zero-order valence-electron chi connectivity index (χ0n) is 6.59. The van der Waals surface area contributed by atoms with Gasteiger partial charge in [0.1, 0.15) is 5.75 Å². The van der Waals surface area contributed by atoms with Gasteiger partial charge >= 0.3 is 0 Å². The minimum atomic E-state index is 0.819. The van der Waals surface area contributed by atoms with Gasteiger partial charge in [-0.3, -0.25) is 0 Å². The van der Waals surface area contributed by atoms with Crippen LogP contribution < -0.4 is 9.46 Å². The highest BCUT2D eigenvalue weighted by Crippen LogP contribution is 2.25. The van der Waals surface area contributed by atoms with E-state index in [1.54, 1.807) is 7.11 Å². The first-order valence-electron chi connectivity index (χ1n) is 3.32. The number of ether oxygens (including phenoxy) is 1. The Morgan fingerprint density at radius 3 is 2.73 bits per heavy atom. The highest BCUT2D eigenvalue weighted by molar-refractivity contribution is 7.81. The molecule has 1 rings (SSSR count). The Labute approximate surface area is 72.1 Å². The summed E-state index contributed by atoms with van der Waals surface area (Å²) in [6, 6.07) is 5.89. The molecule has 1 aromatic rings. The third-order valence-electron chi connectivity index (χ3n) is 1.48. The maximum atomic E-state index is 5.11. The highest BCUT2D eigenvalue weighted by Gasteiger charge is 1.98. The van der Waals surface area contributed by atoms with E-state index < -0.39 is 0 Å². The molecular formula is C8H11NOS. The van der Waals surface area contributed by atoms with E-state index in [9.17, 15) is 0 Å². The number of thiol groups is 1. The zero-order chi connectivity index (χ0) is 8.27. The summed E-state index contributed by atoms with van der Waals surface area (Å²) in [5.41, 5.74) is 2.07. The number of benzene rings is 1. The van der Waals surface area contributed by atoms with Crippen molar-refractivity contribution < 1.29 is 4.74 Å². The molecule has 0 heterocycles. The van der Waals surface area contributed by atoms with Gasteiger partial charge in [-0.1, -0.05) is 18.9 Å². The highest BCUT2D eigenvalue weighted by atomic mass is 32.1. The van der Waals surface area contributed by atoms with E-state index in [1.807, 2.05) is 25.1 Å². The molecule has 1 N–H and O–H groups in total. The van der Waals surface area contributed by atoms with Crippen molar-refractivity contribution in [1.29, 1.82) is 0 Å². The zero-order valence-corrected chi connectivity index (χ0v) is 7.48. The second-order valence-electron chi connectivity index (χ2n) is 2.32. The van der Waals surface area contributed by atoms with Crippen LogP contribution in [0.3, 0.4) is 0 Å². The van der Waals surface area contributed by atoms with Crippen LogP contribution in [0.5, 0.6) is 5.75 Å². The normalized spacial score (nSPS) is 9.36. The van der Waals surface area contributed by atoms with Crippen molar-refractivity contribution in [3.8, 4) is 5.75 Å². The Bertz CT molecular complexity index is 250. The van der Waals surface area contributed by atoms with Crippen molar-refractivity contribution in [2.24, 2.45) is 0 Å². The van der Waals surface area contributed by atoms with Gasteiger partial charge in [-0.25, -0.2) is 0 Å². The fraction of sp³-hybridized carbons (Fsp3) is 0.250. The smallest absolute Gasteiger partial charge is 0.143 e. The first-order chi connectivity index (χ1) is 5.27. The lowest BCUT2D eigenvalue weighted by atomic mass is 10.2. The molecule has 0 atom stereocenters. The Morgan fingerprint density at radius 1 is 1.45 bits per heavy atom. The number of anilines is 1. The first kappa shape index (κ1) is 8.27. The summed E-state index contributed by atoms with van der Waals surface area (Å²) < 4.78 is 7.85. The average Bonchev–Trinajstić information content (AvgIpc) is 2.04. The Balaban J connectivity index is 3.06. The topological polar surface area (TPSA) is 21.3 Å². The molecular weight excluding hydrogens is 158 g/mol. The molecule has 0 aliphatic carbocycles. The van der Waals surface area contributed by atoms with Gasteiger partial charge in [0, 0.05) is 0 Å². The van der Waals surface area contributed by atoms with Gasteiger partial charge in [0.05, 0.1) is 12.8 Å².